The fraction of sp³-hybridized carbons (Fsp3) is 0.385. The summed E-state index contributed by atoms with van der Waals surface area (Å²) in [5.41, 5.74) is 0.219. The minimum absolute atomic E-state index is 0.00196. The molecule has 1 saturated heterocycles. The van der Waals surface area contributed by atoms with Crippen LogP contribution in [0.3, 0.4) is 0 Å². The van der Waals surface area contributed by atoms with E-state index in [4.69, 9.17) is 4.74 Å². The van der Waals surface area contributed by atoms with E-state index < -0.39 is 12.0 Å². The van der Waals surface area contributed by atoms with Crippen LogP contribution >= 0.6 is 31.9 Å². The van der Waals surface area contributed by atoms with Crippen LogP contribution in [-0.4, -0.2) is 35.9 Å². The molecule has 0 radical (unpaired) electrons. The van der Waals surface area contributed by atoms with Crippen molar-refractivity contribution >= 4 is 49.5 Å². The standard InChI is InChI=1S/C13H14Br2N2O4/c1-6-10(2-3-21-6)16-13(20)17-11-8(12(18)19)4-7(14)5-9(11)15/h4-6,10H,2-3H2,1H3,(H,18,19)(H2,16,17,20). The summed E-state index contributed by atoms with van der Waals surface area (Å²) in [7, 11) is 0. The lowest BCUT2D eigenvalue weighted by atomic mass is 10.1. The van der Waals surface area contributed by atoms with Gasteiger partial charge >= 0.3 is 12.0 Å². The molecule has 3 N–H and O–H groups in total. The number of carboxylic acids is 1. The van der Waals surface area contributed by atoms with E-state index >= 15 is 0 Å². The maximum atomic E-state index is 12.0. The van der Waals surface area contributed by atoms with Crippen molar-refractivity contribution in [2.45, 2.75) is 25.5 Å². The highest BCUT2D eigenvalue weighted by Crippen LogP contribution is 2.31. The molecular weight excluding hydrogens is 408 g/mol. The molecule has 8 heteroatoms. The topological polar surface area (TPSA) is 87.7 Å². The van der Waals surface area contributed by atoms with E-state index in [1.54, 1.807) is 6.07 Å². The van der Waals surface area contributed by atoms with Gasteiger partial charge in [-0.05, 0) is 41.4 Å². The number of carbonyl (C=O) groups is 2. The molecule has 1 aliphatic rings. The average molecular weight is 422 g/mol. The molecule has 1 aliphatic heterocycles. The SMILES string of the molecule is CC1OCCC1NC(=O)Nc1c(Br)cc(Br)cc1C(=O)O. The van der Waals surface area contributed by atoms with Gasteiger partial charge in [-0.25, -0.2) is 9.59 Å². The van der Waals surface area contributed by atoms with E-state index in [9.17, 15) is 14.7 Å². The first-order valence-electron chi connectivity index (χ1n) is 6.30. The van der Waals surface area contributed by atoms with Gasteiger partial charge in [0.1, 0.15) is 0 Å². The van der Waals surface area contributed by atoms with Crippen molar-refractivity contribution in [2.24, 2.45) is 0 Å². The summed E-state index contributed by atoms with van der Waals surface area (Å²) in [6.07, 6.45) is 0.685. The lowest BCUT2D eigenvalue weighted by Gasteiger charge is -2.18. The molecule has 0 aliphatic carbocycles. The third kappa shape index (κ3) is 3.96. The molecule has 1 heterocycles. The highest BCUT2D eigenvalue weighted by molar-refractivity contribution is 9.11. The second-order valence-electron chi connectivity index (χ2n) is 4.68. The summed E-state index contributed by atoms with van der Waals surface area (Å²) < 4.78 is 6.46. The molecule has 1 aromatic carbocycles. The van der Waals surface area contributed by atoms with Crippen molar-refractivity contribution in [3.63, 3.8) is 0 Å². The van der Waals surface area contributed by atoms with Crippen LogP contribution in [0.1, 0.15) is 23.7 Å². The summed E-state index contributed by atoms with van der Waals surface area (Å²) >= 11 is 6.48. The number of anilines is 1. The van der Waals surface area contributed by atoms with E-state index in [-0.39, 0.29) is 23.4 Å². The normalized spacial score (nSPS) is 21.1. The van der Waals surface area contributed by atoms with Crippen molar-refractivity contribution in [3.8, 4) is 0 Å². The van der Waals surface area contributed by atoms with Crippen LogP contribution in [0.4, 0.5) is 10.5 Å². The van der Waals surface area contributed by atoms with E-state index in [0.717, 1.165) is 6.42 Å². The van der Waals surface area contributed by atoms with Gasteiger partial charge in [0, 0.05) is 15.6 Å². The second kappa shape index (κ2) is 6.76. The van der Waals surface area contributed by atoms with Crippen molar-refractivity contribution in [1.29, 1.82) is 0 Å². The fourth-order valence-electron chi connectivity index (χ4n) is 2.11. The summed E-state index contributed by atoms with van der Waals surface area (Å²) in [6, 6.07) is 2.57. The zero-order valence-corrected chi connectivity index (χ0v) is 14.3. The van der Waals surface area contributed by atoms with Gasteiger partial charge < -0.3 is 20.5 Å². The lowest BCUT2D eigenvalue weighted by Crippen LogP contribution is -2.41. The fourth-order valence-corrected chi connectivity index (χ4v) is 3.43. The lowest BCUT2D eigenvalue weighted by molar-refractivity contribution is 0.0698. The molecule has 2 amide bonds. The second-order valence-corrected chi connectivity index (χ2v) is 6.45. The van der Waals surface area contributed by atoms with Gasteiger partial charge in [-0.3, -0.25) is 0 Å². The Morgan fingerprint density at radius 2 is 2.10 bits per heavy atom. The third-order valence-electron chi connectivity index (χ3n) is 3.22. The van der Waals surface area contributed by atoms with Crippen LogP contribution in [0.25, 0.3) is 0 Å². The van der Waals surface area contributed by atoms with Gasteiger partial charge in [-0.2, -0.15) is 0 Å². The van der Waals surface area contributed by atoms with Crippen molar-refractivity contribution in [2.75, 3.05) is 11.9 Å². The molecule has 0 spiro atoms. The van der Waals surface area contributed by atoms with Gasteiger partial charge in [-0.1, -0.05) is 15.9 Å². The molecule has 0 aromatic heterocycles. The average Bonchev–Trinajstić information content (AvgIpc) is 2.77. The number of amides is 2. The van der Waals surface area contributed by atoms with Gasteiger partial charge in [0.15, 0.2) is 0 Å². The summed E-state index contributed by atoms with van der Waals surface area (Å²) in [5, 5.41) is 14.6. The Morgan fingerprint density at radius 1 is 1.38 bits per heavy atom. The number of aromatic carboxylic acids is 1. The first-order chi connectivity index (χ1) is 9.88. The Morgan fingerprint density at radius 3 is 2.67 bits per heavy atom. The maximum absolute atomic E-state index is 12.0. The van der Waals surface area contributed by atoms with Crippen LogP contribution in [0.5, 0.6) is 0 Å². The Labute approximate surface area is 138 Å². The molecular formula is C13H14Br2N2O4. The molecule has 2 rings (SSSR count). The molecule has 2 atom stereocenters. The first-order valence-corrected chi connectivity index (χ1v) is 7.88. The molecule has 6 nitrogen and oxygen atoms in total. The zero-order valence-electron chi connectivity index (χ0n) is 11.2. The number of carboxylic acid groups (broad SMARTS) is 1. The monoisotopic (exact) mass is 420 g/mol. The highest BCUT2D eigenvalue weighted by atomic mass is 79.9. The molecule has 114 valence electrons. The summed E-state index contributed by atoms with van der Waals surface area (Å²) in [5.74, 6) is -1.12. The van der Waals surface area contributed by atoms with Crippen molar-refractivity contribution in [3.05, 3.63) is 26.6 Å². The number of carbonyl (C=O) groups excluding carboxylic acids is 1. The van der Waals surface area contributed by atoms with Gasteiger partial charge in [0.2, 0.25) is 0 Å². The van der Waals surface area contributed by atoms with Crippen LogP contribution in [-0.2, 0) is 4.74 Å². The number of ether oxygens (including phenoxy) is 1. The van der Waals surface area contributed by atoms with Crippen LogP contribution in [0.15, 0.2) is 21.1 Å². The minimum Gasteiger partial charge on any atom is -0.478 e. The minimum atomic E-state index is -1.12. The third-order valence-corrected chi connectivity index (χ3v) is 4.30. The van der Waals surface area contributed by atoms with Crippen LogP contribution < -0.4 is 10.6 Å². The number of benzene rings is 1. The molecule has 0 saturated carbocycles. The number of hydrogen-bond acceptors (Lipinski definition) is 3. The van der Waals surface area contributed by atoms with Crippen LogP contribution in [0, 0.1) is 0 Å². The number of nitrogens with one attached hydrogen (secondary N) is 2. The number of rotatable bonds is 3. The summed E-state index contributed by atoms with van der Waals surface area (Å²) in [6.45, 7) is 2.49. The maximum Gasteiger partial charge on any atom is 0.337 e. The highest BCUT2D eigenvalue weighted by Gasteiger charge is 2.26. The quantitative estimate of drug-likeness (QED) is 0.699. The Kier molecular flexibility index (Phi) is 5.23. The van der Waals surface area contributed by atoms with Gasteiger partial charge in [0.25, 0.3) is 0 Å². The van der Waals surface area contributed by atoms with Gasteiger partial charge in [0.05, 0.1) is 23.4 Å². The Hall–Kier alpha value is -1.12. The van der Waals surface area contributed by atoms with Gasteiger partial charge in [-0.15, -0.1) is 0 Å². The van der Waals surface area contributed by atoms with Crippen molar-refractivity contribution in [1.82, 2.24) is 5.32 Å². The number of urea groups is 1. The van der Waals surface area contributed by atoms with E-state index in [2.05, 4.69) is 42.5 Å². The van der Waals surface area contributed by atoms with Crippen molar-refractivity contribution < 1.29 is 19.4 Å². The zero-order chi connectivity index (χ0) is 15.6. The smallest absolute Gasteiger partial charge is 0.337 e. The van der Waals surface area contributed by atoms with E-state index in [0.29, 0.717) is 15.6 Å². The predicted octanol–water partition coefficient (Wildman–Crippen LogP) is 3.21. The molecule has 2 unspecified atom stereocenters. The van der Waals surface area contributed by atoms with E-state index in [1.807, 2.05) is 6.92 Å². The predicted molar refractivity (Wildman–Crippen MR) is 84.8 cm³/mol. The molecule has 0 bridgehead atoms. The number of hydrogen-bond donors (Lipinski definition) is 3. The van der Waals surface area contributed by atoms with E-state index in [1.165, 1.54) is 6.07 Å². The molecule has 1 fully saturated rings. The Bertz CT molecular complexity index is 580. The molecule has 1 aromatic rings. The summed E-state index contributed by atoms with van der Waals surface area (Å²) in [4.78, 5) is 23.3. The first kappa shape index (κ1) is 16.3. The number of halogens is 2. The molecule has 21 heavy (non-hydrogen) atoms. The van der Waals surface area contributed by atoms with Crippen LogP contribution in [0.2, 0.25) is 0 Å². The largest absolute Gasteiger partial charge is 0.478 e. The Balaban J connectivity index is 2.15.